The molecule has 0 amide bonds. The highest BCUT2D eigenvalue weighted by Gasteiger charge is 2.25. The van der Waals surface area contributed by atoms with Crippen LogP contribution in [0.15, 0.2) is 72.9 Å². The monoisotopic (exact) mass is 1190 g/mol. The first-order chi connectivity index (χ1) is 41.6. The van der Waals surface area contributed by atoms with E-state index in [1.54, 1.807) is 0 Å². The van der Waals surface area contributed by atoms with Crippen molar-refractivity contribution in [1.29, 1.82) is 0 Å². The summed E-state index contributed by atoms with van der Waals surface area (Å²) in [5, 5.41) is 9.72. The zero-order chi connectivity index (χ0) is 61.9. The summed E-state index contributed by atoms with van der Waals surface area (Å²) in [6.07, 6.45) is 86.6. The fourth-order valence-corrected chi connectivity index (χ4v) is 10.5. The highest BCUT2D eigenvalue weighted by molar-refractivity contribution is 5.71. The van der Waals surface area contributed by atoms with Gasteiger partial charge in [-0.25, -0.2) is 4.79 Å². The van der Waals surface area contributed by atoms with E-state index < -0.39 is 24.3 Å². The summed E-state index contributed by atoms with van der Waals surface area (Å²) in [7, 11) is 5.95. The number of carboxylic acid groups (broad SMARTS) is 1. The molecule has 0 aromatic carbocycles. The second kappa shape index (κ2) is 66.7. The molecule has 2 unspecified atom stereocenters. The number of ether oxygens (including phenoxy) is 4. The minimum Gasteiger partial charge on any atom is -0.477 e. The number of carboxylic acids is 1. The molecule has 494 valence electrons. The number of hydrogen-bond donors (Lipinski definition) is 1. The summed E-state index contributed by atoms with van der Waals surface area (Å²) in [6.45, 7) is 4.71. The third-order valence-electron chi connectivity index (χ3n) is 16.0. The first-order valence-corrected chi connectivity index (χ1v) is 36.1. The Bertz CT molecular complexity index is 1620. The van der Waals surface area contributed by atoms with E-state index >= 15 is 0 Å². The SMILES string of the molecule is CC/C=C\C/C=C\C/C=C\C/C=C\C/C=C\C/C=C\CCC(=O)OC(COC(=O)CCCCCCCCCCCCCCCCCCCCCCCCCCCCCCCCCCCCCCCCCCC)COC(OCC[N+](C)(C)C)C(=O)O. The average Bonchev–Trinajstić information content (AvgIpc) is 3.48. The quantitative estimate of drug-likeness (QED) is 0.0211. The van der Waals surface area contributed by atoms with Crippen molar-refractivity contribution in [3.05, 3.63) is 72.9 Å². The molecule has 2 atom stereocenters. The van der Waals surface area contributed by atoms with Gasteiger partial charge < -0.3 is 28.5 Å². The number of carbonyl (C=O) groups excluding carboxylic acids is 2. The van der Waals surface area contributed by atoms with E-state index in [1.807, 2.05) is 33.3 Å². The first kappa shape index (κ1) is 81.7. The molecule has 1 N–H and O–H groups in total. The first-order valence-electron chi connectivity index (χ1n) is 36.1. The standard InChI is InChI=1S/C76H137NO8/c1-6-8-10-12-14-16-18-20-22-24-26-27-28-29-30-31-32-33-34-35-36-37-38-39-40-41-42-43-44-45-46-47-49-50-52-54-56-58-60-62-64-66-73(78)83-70-72(71-84-76(75(80)81)82-69-68-77(3,4)5)85-74(79)67-65-63-61-59-57-55-53-51-48-25-23-21-19-17-15-13-11-9-7-2/h9,11,15,17,21,23,48,51,55,57,61,63,72,76H,6-8,10,12-14,16,18-20,22,24-47,49-50,52-54,56,58-60,62,64-71H2,1-5H3/p+1/b11-9-,17-15-,23-21-,51-48-,57-55-,63-61-. The highest BCUT2D eigenvalue weighted by atomic mass is 16.7. The predicted octanol–water partition coefficient (Wildman–Crippen LogP) is 22.5. The number of allylic oxidation sites excluding steroid dienone is 12. The van der Waals surface area contributed by atoms with Crippen molar-refractivity contribution >= 4 is 17.9 Å². The Balaban J connectivity index is 3.96. The van der Waals surface area contributed by atoms with Gasteiger partial charge in [0.1, 0.15) is 13.2 Å². The van der Waals surface area contributed by atoms with Gasteiger partial charge in [-0.15, -0.1) is 0 Å². The van der Waals surface area contributed by atoms with E-state index in [0.29, 0.717) is 17.4 Å². The second-order valence-corrected chi connectivity index (χ2v) is 25.5. The van der Waals surface area contributed by atoms with E-state index in [9.17, 15) is 19.5 Å². The van der Waals surface area contributed by atoms with E-state index in [1.165, 1.54) is 244 Å². The number of nitrogens with zero attached hydrogens (tertiary/aromatic N) is 1. The van der Waals surface area contributed by atoms with Gasteiger partial charge in [-0.05, 0) is 51.4 Å². The molecule has 0 saturated heterocycles. The van der Waals surface area contributed by atoms with Gasteiger partial charge in [-0.3, -0.25) is 9.59 Å². The molecule has 0 aliphatic carbocycles. The summed E-state index contributed by atoms with van der Waals surface area (Å²) in [5.41, 5.74) is 0. The Morgan fingerprint density at radius 3 is 0.976 bits per heavy atom. The summed E-state index contributed by atoms with van der Waals surface area (Å²) in [5.74, 6) is -2.11. The fraction of sp³-hybridized carbons (Fsp3) is 0.803. The van der Waals surface area contributed by atoms with Crippen LogP contribution in [0.4, 0.5) is 0 Å². The number of likely N-dealkylation sites (N-methyl/N-ethyl adjacent to an activating group) is 1. The Morgan fingerprint density at radius 2 is 0.671 bits per heavy atom. The summed E-state index contributed by atoms with van der Waals surface area (Å²) < 4.78 is 22.8. The van der Waals surface area contributed by atoms with Gasteiger partial charge in [0.05, 0.1) is 34.4 Å². The number of carbonyl (C=O) groups is 3. The van der Waals surface area contributed by atoms with Crippen molar-refractivity contribution in [2.75, 3.05) is 47.5 Å². The van der Waals surface area contributed by atoms with Crippen LogP contribution >= 0.6 is 0 Å². The lowest BCUT2D eigenvalue weighted by molar-refractivity contribution is -0.870. The molecule has 9 heteroatoms. The van der Waals surface area contributed by atoms with Gasteiger partial charge in [0.2, 0.25) is 0 Å². The van der Waals surface area contributed by atoms with Crippen molar-refractivity contribution < 1.29 is 42.9 Å². The predicted molar refractivity (Wildman–Crippen MR) is 364 cm³/mol. The molecule has 0 rings (SSSR count). The van der Waals surface area contributed by atoms with Gasteiger partial charge in [0, 0.05) is 12.8 Å². The lowest BCUT2D eigenvalue weighted by atomic mass is 10.0. The molecule has 0 aliphatic rings. The minimum absolute atomic E-state index is 0.134. The third kappa shape index (κ3) is 68.1. The van der Waals surface area contributed by atoms with E-state index in [-0.39, 0.29) is 38.6 Å². The zero-order valence-electron chi connectivity index (χ0n) is 56.5. The van der Waals surface area contributed by atoms with Crippen LogP contribution < -0.4 is 0 Å². The van der Waals surface area contributed by atoms with Crippen LogP contribution in [0, 0.1) is 0 Å². The van der Waals surface area contributed by atoms with Crippen molar-refractivity contribution in [3.8, 4) is 0 Å². The number of unbranched alkanes of at least 4 members (excludes halogenated alkanes) is 40. The van der Waals surface area contributed by atoms with Crippen LogP contribution in [0.1, 0.15) is 335 Å². The molecule has 0 radical (unpaired) electrons. The molecule has 0 aromatic rings. The summed E-state index contributed by atoms with van der Waals surface area (Å²) in [6, 6.07) is 0. The molecule has 0 aliphatic heterocycles. The van der Waals surface area contributed by atoms with E-state index in [0.717, 1.165) is 57.8 Å². The van der Waals surface area contributed by atoms with Crippen molar-refractivity contribution in [2.24, 2.45) is 0 Å². The molecule has 9 nitrogen and oxygen atoms in total. The molecule has 0 bridgehead atoms. The van der Waals surface area contributed by atoms with E-state index in [2.05, 4.69) is 74.6 Å². The molecular weight excluding hydrogens is 1050 g/mol. The van der Waals surface area contributed by atoms with Crippen molar-refractivity contribution in [3.63, 3.8) is 0 Å². The maximum Gasteiger partial charge on any atom is 0.361 e. The number of hydrogen-bond acceptors (Lipinski definition) is 7. The summed E-state index contributed by atoms with van der Waals surface area (Å²) >= 11 is 0. The van der Waals surface area contributed by atoms with Crippen LogP contribution in [0.2, 0.25) is 0 Å². The Labute approximate surface area is 526 Å². The Kier molecular flexibility index (Phi) is 64.1. The number of aliphatic carboxylic acids is 1. The Hall–Kier alpha value is -3.27. The lowest BCUT2D eigenvalue weighted by Gasteiger charge is -2.25. The summed E-state index contributed by atoms with van der Waals surface area (Å²) in [4.78, 5) is 37.5. The third-order valence-corrected chi connectivity index (χ3v) is 16.0. The molecule has 0 heterocycles. The molecular formula is C76H138NO8+. The van der Waals surface area contributed by atoms with Crippen molar-refractivity contribution in [1.82, 2.24) is 0 Å². The molecule has 0 saturated carbocycles. The topological polar surface area (TPSA) is 108 Å². The number of rotatable bonds is 67. The maximum absolute atomic E-state index is 12.9. The minimum atomic E-state index is -1.53. The van der Waals surface area contributed by atoms with Crippen LogP contribution in [0.5, 0.6) is 0 Å². The van der Waals surface area contributed by atoms with Crippen LogP contribution in [0.25, 0.3) is 0 Å². The van der Waals surface area contributed by atoms with Gasteiger partial charge in [-0.2, -0.15) is 0 Å². The van der Waals surface area contributed by atoms with Crippen LogP contribution in [-0.2, 0) is 33.3 Å². The smallest absolute Gasteiger partial charge is 0.361 e. The van der Waals surface area contributed by atoms with Gasteiger partial charge >= 0.3 is 17.9 Å². The van der Waals surface area contributed by atoms with Crippen LogP contribution in [-0.4, -0.2) is 87.4 Å². The average molecular weight is 1190 g/mol. The molecule has 0 aromatic heterocycles. The molecule has 0 fully saturated rings. The normalized spacial score (nSPS) is 13.1. The second-order valence-electron chi connectivity index (χ2n) is 25.5. The zero-order valence-corrected chi connectivity index (χ0v) is 56.5. The lowest BCUT2D eigenvalue weighted by Crippen LogP contribution is -2.40. The molecule has 85 heavy (non-hydrogen) atoms. The van der Waals surface area contributed by atoms with Crippen LogP contribution in [0.3, 0.4) is 0 Å². The number of esters is 2. The van der Waals surface area contributed by atoms with Gasteiger partial charge in [0.25, 0.3) is 6.29 Å². The molecule has 0 spiro atoms. The van der Waals surface area contributed by atoms with E-state index in [4.69, 9.17) is 18.9 Å². The van der Waals surface area contributed by atoms with Crippen molar-refractivity contribution in [2.45, 2.75) is 347 Å². The maximum atomic E-state index is 12.9. The fourth-order valence-electron chi connectivity index (χ4n) is 10.5. The number of quaternary nitrogens is 1. The van der Waals surface area contributed by atoms with Gasteiger partial charge in [0.15, 0.2) is 6.10 Å². The van der Waals surface area contributed by atoms with Gasteiger partial charge in [-0.1, -0.05) is 344 Å². The highest BCUT2D eigenvalue weighted by Crippen LogP contribution is 2.19. The Morgan fingerprint density at radius 1 is 0.365 bits per heavy atom. The largest absolute Gasteiger partial charge is 0.477 e.